The summed E-state index contributed by atoms with van der Waals surface area (Å²) in [5.41, 5.74) is 1.76. The Balaban J connectivity index is 0.000001000. The van der Waals surface area contributed by atoms with Crippen LogP contribution in [0.4, 0.5) is 0 Å². The molecule has 0 aliphatic heterocycles. The van der Waals surface area contributed by atoms with Gasteiger partial charge in [0.1, 0.15) is 0 Å². The SMILES string of the molecule is CCc1[c-]cc(CO)nc1.[Y]. The summed E-state index contributed by atoms with van der Waals surface area (Å²) in [6.45, 7) is 2.05. The Morgan fingerprint density at radius 1 is 1.64 bits per heavy atom. The average Bonchev–Trinajstić information content (AvgIpc) is 2.05. The fourth-order valence-electron chi connectivity index (χ4n) is 0.691. The zero-order valence-corrected chi connectivity index (χ0v) is 9.38. The molecule has 2 nitrogen and oxygen atoms in total. The van der Waals surface area contributed by atoms with E-state index in [1.807, 2.05) is 6.92 Å². The third-order valence-electron chi connectivity index (χ3n) is 1.35. The first-order valence-corrected chi connectivity index (χ1v) is 3.33. The van der Waals surface area contributed by atoms with Gasteiger partial charge in [-0.15, -0.1) is 5.56 Å². The monoisotopic (exact) mass is 225 g/mol. The number of aliphatic hydroxyl groups excluding tert-OH is 1. The van der Waals surface area contributed by atoms with Crippen LogP contribution in [0.2, 0.25) is 0 Å². The molecule has 1 N–H and O–H groups in total. The van der Waals surface area contributed by atoms with Crippen molar-refractivity contribution in [2.24, 2.45) is 0 Å². The summed E-state index contributed by atoms with van der Waals surface area (Å²) in [7, 11) is 0. The maximum atomic E-state index is 8.62. The molecule has 1 rings (SSSR count). The van der Waals surface area contributed by atoms with Crippen molar-refractivity contribution in [1.82, 2.24) is 4.98 Å². The third-order valence-corrected chi connectivity index (χ3v) is 1.35. The van der Waals surface area contributed by atoms with E-state index in [1.165, 1.54) is 0 Å². The molecular formula is C8H10NOY-. The Morgan fingerprint density at radius 2 is 2.36 bits per heavy atom. The zero-order valence-electron chi connectivity index (χ0n) is 6.54. The van der Waals surface area contributed by atoms with Gasteiger partial charge in [0.15, 0.2) is 0 Å². The standard InChI is InChI=1S/C8H10NO.Y/c1-2-7-3-4-8(6-10)9-5-7;/h4-5,10H,2,6H2,1H3;/q-1;. The molecule has 1 aromatic rings. The van der Waals surface area contributed by atoms with Crippen LogP contribution in [0.3, 0.4) is 0 Å². The van der Waals surface area contributed by atoms with Crippen LogP contribution < -0.4 is 0 Å². The Kier molecular flexibility index (Phi) is 5.93. The summed E-state index contributed by atoms with van der Waals surface area (Å²) < 4.78 is 0. The Labute approximate surface area is 91.9 Å². The molecular weight excluding hydrogens is 215 g/mol. The van der Waals surface area contributed by atoms with Crippen molar-refractivity contribution < 1.29 is 37.8 Å². The maximum Gasteiger partial charge on any atom is 0.0399 e. The maximum absolute atomic E-state index is 8.62. The van der Waals surface area contributed by atoms with Crippen molar-refractivity contribution in [2.75, 3.05) is 0 Å². The Morgan fingerprint density at radius 3 is 2.73 bits per heavy atom. The summed E-state index contributed by atoms with van der Waals surface area (Å²) >= 11 is 0. The molecule has 0 unspecified atom stereocenters. The second-order valence-corrected chi connectivity index (χ2v) is 2.08. The summed E-state index contributed by atoms with van der Waals surface area (Å²) in [5.74, 6) is 0. The molecule has 0 aliphatic carbocycles. The predicted molar refractivity (Wildman–Crippen MR) is 38.4 cm³/mol. The van der Waals surface area contributed by atoms with Gasteiger partial charge in [-0.2, -0.15) is 12.1 Å². The van der Waals surface area contributed by atoms with Gasteiger partial charge in [-0.05, 0) is 5.69 Å². The van der Waals surface area contributed by atoms with E-state index < -0.39 is 0 Å². The molecule has 3 heteroatoms. The molecule has 57 valence electrons. The molecule has 0 spiro atoms. The van der Waals surface area contributed by atoms with E-state index in [0.717, 1.165) is 12.0 Å². The van der Waals surface area contributed by atoms with Gasteiger partial charge in [-0.25, -0.2) is 0 Å². The van der Waals surface area contributed by atoms with Gasteiger partial charge in [0, 0.05) is 39.3 Å². The van der Waals surface area contributed by atoms with E-state index in [0.29, 0.717) is 5.69 Å². The smallest absolute Gasteiger partial charge is 0.0399 e. The van der Waals surface area contributed by atoms with Crippen molar-refractivity contribution in [2.45, 2.75) is 20.0 Å². The minimum Gasteiger partial charge on any atom is -0.403 e. The molecule has 0 aromatic carbocycles. The number of hydrogen-bond donors (Lipinski definition) is 1. The van der Waals surface area contributed by atoms with Crippen LogP contribution in [-0.2, 0) is 45.7 Å². The van der Waals surface area contributed by atoms with E-state index in [4.69, 9.17) is 5.11 Å². The minimum atomic E-state index is 0. The first-order chi connectivity index (χ1) is 4.86. The summed E-state index contributed by atoms with van der Waals surface area (Å²) in [5, 5.41) is 8.62. The van der Waals surface area contributed by atoms with E-state index in [-0.39, 0.29) is 39.3 Å². The molecule has 1 aromatic heterocycles. The number of nitrogens with zero attached hydrogens (tertiary/aromatic N) is 1. The molecule has 0 saturated carbocycles. The largest absolute Gasteiger partial charge is 0.403 e. The number of aromatic nitrogens is 1. The van der Waals surface area contributed by atoms with Crippen molar-refractivity contribution >= 4 is 0 Å². The molecule has 0 aliphatic rings. The summed E-state index contributed by atoms with van der Waals surface area (Å²) in [6.07, 6.45) is 2.68. The van der Waals surface area contributed by atoms with Gasteiger partial charge in [0.2, 0.25) is 0 Å². The number of aryl methyl sites for hydroxylation is 1. The Bertz CT molecular complexity index is 175. The van der Waals surface area contributed by atoms with Crippen LogP contribution in [0, 0.1) is 6.07 Å². The van der Waals surface area contributed by atoms with Crippen LogP contribution in [-0.4, -0.2) is 10.1 Å². The first-order valence-electron chi connectivity index (χ1n) is 3.33. The Hall–Kier alpha value is 0.214. The van der Waals surface area contributed by atoms with Crippen LogP contribution in [0.5, 0.6) is 0 Å². The van der Waals surface area contributed by atoms with E-state index in [1.54, 1.807) is 12.3 Å². The molecule has 11 heavy (non-hydrogen) atoms. The number of hydrogen-bond acceptors (Lipinski definition) is 2. The van der Waals surface area contributed by atoms with Crippen molar-refractivity contribution in [3.8, 4) is 0 Å². The van der Waals surface area contributed by atoms with Crippen LogP contribution >= 0.6 is 0 Å². The first kappa shape index (κ1) is 11.2. The van der Waals surface area contributed by atoms with Crippen LogP contribution in [0.25, 0.3) is 0 Å². The molecule has 0 saturated heterocycles. The van der Waals surface area contributed by atoms with Gasteiger partial charge in [0.25, 0.3) is 0 Å². The molecule has 0 amide bonds. The normalized spacial score (nSPS) is 8.91. The summed E-state index contributed by atoms with van der Waals surface area (Å²) in [6, 6.07) is 4.74. The average molecular weight is 225 g/mol. The van der Waals surface area contributed by atoms with E-state index >= 15 is 0 Å². The van der Waals surface area contributed by atoms with Gasteiger partial charge < -0.3 is 10.1 Å². The molecule has 0 fully saturated rings. The summed E-state index contributed by atoms with van der Waals surface area (Å²) in [4.78, 5) is 3.99. The van der Waals surface area contributed by atoms with Gasteiger partial charge in [0.05, 0.1) is 0 Å². The minimum absolute atomic E-state index is 0. The number of rotatable bonds is 2. The fourth-order valence-corrected chi connectivity index (χ4v) is 0.691. The predicted octanol–water partition coefficient (Wildman–Crippen LogP) is 0.934. The van der Waals surface area contributed by atoms with Crippen molar-refractivity contribution in [3.05, 3.63) is 29.6 Å². The second-order valence-electron chi connectivity index (χ2n) is 2.08. The molecule has 0 atom stereocenters. The van der Waals surface area contributed by atoms with Crippen molar-refractivity contribution in [3.63, 3.8) is 0 Å². The van der Waals surface area contributed by atoms with E-state index in [2.05, 4.69) is 11.1 Å². The van der Waals surface area contributed by atoms with Gasteiger partial charge in [-0.1, -0.05) is 19.5 Å². The molecule has 0 bridgehead atoms. The van der Waals surface area contributed by atoms with Crippen molar-refractivity contribution in [1.29, 1.82) is 0 Å². The van der Waals surface area contributed by atoms with E-state index in [9.17, 15) is 0 Å². The quantitative estimate of drug-likeness (QED) is 0.759. The fraction of sp³-hybridized carbons (Fsp3) is 0.375. The van der Waals surface area contributed by atoms with Crippen LogP contribution in [0.1, 0.15) is 18.2 Å². The third kappa shape index (κ3) is 3.41. The molecule has 1 heterocycles. The molecule has 1 radical (unpaired) electrons. The second kappa shape index (κ2) is 5.81. The van der Waals surface area contributed by atoms with Gasteiger partial charge >= 0.3 is 0 Å². The van der Waals surface area contributed by atoms with Gasteiger partial charge in [-0.3, -0.25) is 0 Å². The zero-order chi connectivity index (χ0) is 7.40. The van der Waals surface area contributed by atoms with Crippen LogP contribution in [0.15, 0.2) is 12.3 Å². The topological polar surface area (TPSA) is 33.1 Å². The number of aliphatic hydroxyl groups is 1. The number of pyridine rings is 1.